The SMILES string of the molecule is CCc1cn[nH]c1NC(=O)CCN1CCSC1=O. The third kappa shape index (κ3) is 3.04. The average molecular weight is 268 g/mol. The number of aromatic amines is 1. The number of carbonyl (C=O) groups is 2. The zero-order valence-electron chi connectivity index (χ0n) is 10.2. The van der Waals surface area contributed by atoms with Gasteiger partial charge < -0.3 is 10.2 Å². The quantitative estimate of drug-likeness (QED) is 0.847. The van der Waals surface area contributed by atoms with Crippen LogP contribution < -0.4 is 5.32 Å². The fourth-order valence-electron chi connectivity index (χ4n) is 1.75. The number of aromatic nitrogens is 2. The van der Waals surface area contributed by atoms with Gasteiger partial charge in [0.1, 0.15) is 5.82 Å². The van der Waals surface area contributed by atoms with E-state index in [1.54, 1.807) is 11.1 Å². The number of amides is 2. The van der Waals surface area contributed by atoms with E-state index in [1.165, 1.54) is 11.8 Å². The van der Waals surface area contributed by atoms with Gasteiger partial charge in [0.15, 0.2) is 0 Å². The second kappa shape index (κ2) is 5.90. The van der Waals surface area contributed by atoms with E-state index in [-0.39, 0.29) is 11.1 Å². The van der Waals surface area contributed by atoms with Crippen LogP contribution in [0.2, 0.25) is 0 Å². The van der Waals surface area contributed by atoms with Crippen molar-refractivity contribution in [1.29, 1.82) is 0 Å². The zero-order chi connectivity index (χ0) is 13.0. The van der Waals surface area contributed by atoms with E-state index in [0.717, 1.165) is 24.3 Å². The third-order valence-electron chi connectivity index (χ3n) is 2.82. The second-order valence-electron chi connectivity index (χ2n) is 4.02. The van der Waals surface area contributed by atoms with Crippen LogP contribution in [0.25, 0.3) is 0 Å². The van der Waals surface area contributed by atoms with Gasteiger partial charge in [-0.05, 0) is 6.42 Å². The van der Waals surface area contributed by atoms with E-state index >= 15 is 0 Å². The molecule has 0 saturated carbocycles. The fraction of sp³-hybridized carbons (Fsp3) is 0.545. The molecule has 1 fully saturated rings. The Morgan fingerprint density at radius 1 is 1.67 bits per heavy atom. The minimum Gasteiger partial charge on any atom is -0.332 e. The van der Waals surface area contributed by atoms with E-state index in [2.05, 4.69) is 15.5 Å². The summed E-state index contributed by atoms with van der Waals surface area (Å²) in [6.07, 6.45) is 2.83. The second-order valence-corrected chi connectivity index (χ2v) is 5.07. The minimum absolute atomic E-state index is 0.0681. The van der Waals surface area contributed by atoms with Gasteiger partial charge in [-0.25, -0.2) is 0 Å². The summed E-state index contributed by atoms with van der Waals surface area (Å²) in [6.45, 7) is 3.22. The van der Waals surface area contributed by atoms with Crippen molar-refractivity contribution < 1.29 is 9.59 Å². The molecule has 1 aromatic heterocycles. The molecule has 98 valence electrons. The Hall–Kier alpha value is -1.50. The van der Waals surface area contributed by atoms with Crippen molar-refractivity contribution in [2.24, 2.45) is 0 Å². The largest absolute Gasteiger partial charge is 0.332 e. The Kier molecular flexibility index (Phi) is 4.24. The van der Waals surface area contributed by atoms with Gasteiger partial charge in [0, 0.05) is 30.8 Å². The Balaban J connectivity index is 1.80. The first-order valence-electron chi connectivity index (χ1n) is 5.94. The van der Waals surface area contributed by atoms with Gasteiger partial charge in [-0.1, -0.05) is 18.7 Å². The lowest BCUT2D eigenvalue weighted by Gasteiger charge is -2.13. The molecule has 0 atom stereocenters. The maximum Gasteiger partial charge on any atom is 0.281 e. The van der Waals surface area contributed by atoms with E-state index in [1.807, 2.05) is 6.92 Å². The number of hydrogen-bond donors (Lipinski definition) is 2. The van der Waals surface area contributed by atoms with Crippen LogP contribution in [0.1, 0.15) is 18.9 Å². The number of thioether (sulfide) groups is 1. The predicted octanol–water partition coefficient (Wildman–Crippen LogP) is 1.47. The number of nitrogens with zero attached hydrogens (tertiary/aromatic N) is 2. The van der Waals surface area contributed by atoms with Crippen LogP contribution in [0.5, 0.6) is 0 Å². The summed E-state index contributed by atoms with van der Waals surface area (Å²) in [4.78, 5) is 24.8. The topological polar surface area (TPSA) is 78.1 Å². The third-order valence-corrected chi connectivity index (χ3v) is 3.71. The molecule has 2 amide bonds. The van der Waals surface area contributed by atoms with Gasteiger partial charge in [0.25, 0.3) is 5.24 Å². The van der Waals surface area contributed by atoms with Gasteiger partial charge in [0.2, 0.25) is 5.91 Å². The molecule has 2 rings (SSSR count). The maximum atomic E-state index is 11.7. The normalized spacial score (nSPS) is 15.2. The van der Waals surface area contributed by atoms with Crippen molar-refractivity contribution in [3.05, 3.63) is 11.8 Å². The van der Waals surface area contributed by atoms with Gasteiger partial charge in [0.05, 0.1) is 6.20 Å². The van der Waals surface area contributed by atoms with E-state index in [9.17, 15) is 9.59 Å². The molecule has 0 radical (unpaired) electrons. The highest BCUT2D eigenvalue weighted by atomic mass is 32.2. The van der Waals surface area contributed by atoms with Crippen molar-refractivity contribution in [2.75, 3.05) is 24.2 Å². The van der Waals surface area contributed by atoms with Crippen LogP contribution >= 0.6 is 11.8 Å². The van der Waals surface area contributed by atoms with E-state index in [4.69, 9.17) is 0 Å². The van der Waals surface area contributed by atoms with Crippen LogP contribution in [-0.2, 0) is 11.2 Å². The number of anilines is 1. The first-order chi connectivity index (χ1) is 8.70. The van der Waals surface area contributed by atoms with Crippen LogP contribution in [0.15, 0.2) is 6.20 Å². The molecule has 2 heterocycles. The minimum atomic E-state index is -0.0985. The van der Waals surface area contributed by atoms with Crippen LogP contribution in [0.3, 0.4) is 0 Å². The molecule has 0 aliphatic carbocycles. The first-order valence-corrected chi connectivity index (χ1v) is 6.93. The van der Waals surface area contributed by atoms with Crippen molar-refractivity contribution >= 4 is 28.7 Å². The lowest BCUT2D eigenvalue weighted by atomic mass is 10.2. The summed E-state index contributed by atoms with van der Waals surface area (Å²) in [7, 11) is 0. The van der Waals surface area contributed by atoms with E-state index in [0.29, 0.717) is 18.8 Å². The molecular weight excluding hydrogens is 252 g/mol. The maximum absolute atomic E-state index is 11.7. The molecule has 7 heteroatoms. The summed E-state index contributed by atoms with van der Waals surface area (Å²) < 4.78 is 0. The van der Waals surface area contributed by atoms with Crippen molar-refractivity contribution in [2.45, 2.75) is 19.8 Å². The molecule has 1 aliphatic heterocycles. The van der Waals surface area contributed by atoms with E-state index < -0.39 is 0 Å². The highest BCUT2D eigenvalue weighted by Crippen LogP contribution is 2.17. The molecule has 18 heavy (non-hydrogen) atoms. The Bertz CT molecular complexity index is 446. The number of aryl methyl sites for hydroxylation is 1. The predicted molar refractivity (Wildman–Crippen MR) is 70.6 cm³/mol. The number of H-pyrrole nitrogens is 1. The molecule has 0 spiro atoms. The Labute approximate surface area is 109 Å². The van der Waals surface area contributed by atoms with Gasteiger partial charge >= 0.3 is 0 Å². The monoisotopic (exact) mass is 268 g/mol. The molecular formula is C11H16N4O2S. The van der Waals surface area contributed by atoms with Crippen molar-refractivity contribution in [3.63, 3.8) is 0 Å². The molecule has 0 aromatic carbocycles. The van der Waals surface area contributed by atoms with Crippen LogP contribution in [0, 0.1) is 0 Å². The molecule has 0 unspecified atom stereocenters. The van der Waals surface area contributed by atoms with Crippen LogP contribution in [-0.4, -0.2) is 45.1 Å². The van der Waals surface area contributed by atoms with Gasteiger partial charge in [-0.3, -0.25) is 14.7 Å². The molecule has 6 nitrogen and oxygen atoms in total. The van der Waals surface area contributed by atoms with Crippen LogP contribution in [0.4, 0.5) is 10.6 Å². The summed E-state index contributed by atoms with van der Waals surface area (Å²) in [5.74, 6) is 1.38. The number of nitrogens with one attached hydrogen (secondary N) is 2. The molecule has 1 aliphatic rings. The van der Waals surface area contributed by atoms with Crippen molar-refractivity contribution in [3.8, 4) is 0 Å². The lowest BCUT2D eigenvalue weighted by molar-refractivity contribution is -0.116. The number of rotatable bonds is 5. The molecule has 0 bridgehead atoms. The standard InChI is InChI=1S/C11H16N4O2S/c1-2-8-7-12-14-10(8)13-9(16)3-4-15-5-6-18-11(15)17/h7H,2-6H2,1H3,(H2,12,13,14,16). The summed E-state index contributed by atoms with van der Waals surface area (Å²) in [5, 5.41) is 9.49. The molecule has 2 N–H and O–H groups in total. The van der Waals surface area contributed by atoms with Crippen molar-refractivity contribution in [1.82, 2.24) is 15.1 Å². The highest BCUT2D eigenvalue weighted by Gasteiger charge is 2.21. The average Bonchev–Trinajstić information content (AvgIpc) is 2.95. The highest BCUT2D eigenvalue weighted by molar-refractivity contribution is 8.13. The zero-order valence-corrected chi connectivity index (χ0v) is 11.0. The first kappa shape index (κ1) is 12.9. The van der Waals surface area contributed by atoms with Gasteiger partial charge in [-0.15, -0.1) is 0 Å². The molecule has 1 saturated heterocycles. The number of carbonyl (C=O) groups excluding carboxylic acids is 2. The Morgan fingerprint density at radius 2 is 2.50 bits per heavy atom. The lowest BCUT2D eigenvalue weighted by Crippen LogP contribution is -2.27. The summed E-state index contributed by atoms with van der Waals surface area (Å²) in [6, 6.07) is 0. The molecule has 1 aromatic rings. The smallest absolute Gasteiger partial charge is 0.281 e. The summed E-state index contributed by atoms with van der Waals surface area (Å²) in [5.41, 5.74) is 0.983. The fourth-order valence-corrected chi connectivity index (χ4v) is 2.61. The Morgan fingerprint density at radius 3 is 3.17 bits per heavy atom. The number of hydrogen-bond acceptors (Lipinski definition) is 4. The summed E-state index contributed by atoms with van der Waals surface area (Å²) >= 11 is 1.31. The van der Waals surface area contributed by atoms with Gasteiger partial charge in [-0.2, -0.15) is 5.10 Å².